The third kappa shape index (κ3) is 8.42. The predicted molar refractivity (Wildman–Crippen MR) is 111 cm³/mol. The molecule has 0 radical (unpaired) electrons. The molecule has 0 spiro atoms. The fourth-order valence-electron chi connectivity index (χ4n) is 4.01. The summed E-state index contributed by atoms with van der Waals surface area (Å²) in [5, 5.41) is 0. The molecule has 0 heterocycles. The molecule has 0 amide bonds. The normalized spacial score (nSPS) is 13.2. The predicted octanol–water partition coefficient (Wildman–Crippen LogP) is 3.66. The molecule has 0 aliphatic heterocycles. The Kier molecular flexibility index (Phi) is 17.4. The van der Waals surface area contributed by atoms with E-state index in [1.54, 1.807) is 0 Å². The Morgan fingerprint density at radius 2 is 0.577 bits per heavy atom. The molecule has 0 unspecified atom stereocenters. The van der Waals surface area contributed by atoms with Crippen molar-refractivity contribution in [2.24, 2.45) is 0 Å². The minimum absolute atomic E-state index is 0. The second-order valence-electron chi connectivity index (χ2n) is 7.52. The smallest absolute Gasteiger partial charge is 0.611 e. The second kappa shape index (κ2) is 14.9. The third-order valence-corrected chi connectivity index (χ3v) is 9.62. The minimum Gasteiger partial charge on any atom is -0.611 e. The van der Waals surface area contributed by atoms with E-state index in [2.05, 4.69) is 62.3 Å². The zero-order chi connectivity index (χ0) is 19.6. The van der Waals surface area contributed by atoms with Gasteiger partial charge in [0.1, 0.15) is 0 Å². The topological polar surface area (TPSA) is 27.7 Å². The monoisotopic (exact) mass is 412 g/mol. The summed E-state index contributed by atoms with van der Waals surface area (Å²) in [4.78, 5) is 0. The molecule has 0 bridgehead atoms. The first-order chi connectivity index (χ1) is 11.8. The van der Waals surface area contributed by atoms with Crippen LogP contribution in [0.3, 0.4) is 0 Å². The first-order valence-corrected chi connectivity index (χ1v) is 12.8. The van der Waals surface area contributed by atoms with Crippen LogP contribution in [0.2, 0.25) is 0 Å². The van der Waals surface area contributed by atoms with E-state index in [-0.39, 0.29) is 68.2 Å². The zero-order valence-electron chi connectivity index (χ0n) is 19.8. The maximum Gasteiger partial charge on any atom is 1.00 e. The van der Waals surface area contributed by atoms with E-state index < -0.39 is 15.1 Å². The average Bonchev–Trinajstić information content (AvgIpc) is 2.68. The Balaban J connectivity index is 0. The summed E-state index contributed by atoms with van der Waals surface area (Å²) in [7, 11) is 0. The molecule has 26 heavy (non-hydrogen) atoms. The summed E-state index contributed by atoms with van der Waals surface area (Å²) in [5.74, 6) is 0. The van der Waals surface area contributed by atoms with Gasteiger partial charge >= 0.3 is 66.5 Å². The summed E-state index contributed by atoms with van der Waals surface area (Å²) in [6.07, 6.45) is 9.13. The first-order valence-electron chi connectivity index (χ1n) is 11.0. The van der Waals surface area contributed by atoms with Crippen molar-refractivity contribution in [2.45, 2.75) is 137 Å². The standard InChI is InChI=1S/3C7H15O.Al.K.H/c3*1-4-7(8,5-2)6-3;;;/h3*4-6H2,1-3H3;;;/q3*-1;+2;+1;. The molecule has 5 heteroatoms. The van der Waals surface area contributed by atoms with Gasteiger partial charge in [-0.3, -0.25) is 0 Å². The van der Waals surface area contributed by atoms with Crippen molar-refractivity contribution in [3.8, 4) is 0 Å². The molecule has 3 nitrogen and oxygen atoms in total. The maximum absolute atomic E-state index is 6.74. The van der Waals surface area contributed by atoms with Gasteiger partial charge in [0.25, 0.3) is 0 Å². The van der Waals surface area contributed by atoms with Crippen LogP contribution in [0.1, 0.15) is 120 Å². The van der Waals surface area contributed by atoms with Crippen LogP contribution >= 0.6 is 0 Å². The number of rotatable bonds is 15. The van der Waals surface area contributed by atoms with E-state index in [9.17, 15) is 0 Å². The van der Waals surface area contributed by atoms with Crippen molar-refractivity contribution in [1.29, 1.82) is 0 Å². The first kappa shape index (κ1) is 30.2. The van der Waals surface area contributed by atoms with Gasteiger partial charge in [0.2, 0.25) is 0 Å². The van der Waals surface area contributed by atoms with Crippen molar-refractivity contribution in [3.05, 3.63) is 0 Å². The average molecular weight is 413 g/mol. The van der Waals surface area contributed by atoms with Gasteiger partial charge in [0.05, 0.1) is 0 Å². The van der Waals surface area contributed by atoms with E-state index in [0.717, 1.165) is 57.8 Å². The Morgan fingerprint density at radius 1 is 0.423 bits per heavy atom. The Labute approximate surface area is 212 Å². The zero-order valence-corrected chi connectivity index (χ0v) is 24.3. The molecule has 0 aliphatic carbocycles. The molecule has 0 aliphatic rings. The fraction of sp³-hybridized carbons (Fsp3) is 1.00. The second-order valence-corrected chi connectivity index (χ2v) is 9.09. The van der Waals surface area contributed by atoms with E-state index in [1.807, 2.05) is 0 Å². The molecule has 0 saturated carbocycles. The minimum atomic E-state index is -2.71. The maximum atomic E-state index is 6.74. The van der Waals surface area contributed by atoms with Crippen LogP contribution in [-0.2, 0) is 11.4 Å². The van der Waals surface area contributed by atoms with Gasteiger partial charge in [-0.25, -0.2) is 0 Å². The number of hydrogen-bond acceptors (Lipinski definition) is 3. The van der Waals surface area contributed by atoms with Gasteiger partial charge < -0.3 is 11.4 Å². The van der Waals surface area contributed by atoms with Crippen molar-refractivity contribution in [1.82, 2.24) is 0 Å². The van der Waals surface area contributed by atoms with Gasteiger partial charge in [-0.05, 0) is 57.8 Å². The summed E-state index contributed by atoms with van der Waals surface area (Å²) in [6, 6.07) is 0. The van der Waals surface area contributed by atoms with E-state index in [4.69, 9.17) is 11.4 Å². The third-order valence-electron chi connectivity index (χ3n) is 7.07. The molecule has 0 rings (SSSR count). The Morgan fingerprint density at radius 3 is 0.692 bits per heavy atom. The molecule has 0 fully saturated rings. The molecule has 0 aromatic carbocycles. The molecular formula is C21H46AlKO3. The van der Waals surface area contributed by atoms with Gasteiger partial charge in [-0.1, -0.05) is 62.3 Å². The number of hydrogen-bond donors (Lipinski definition) is 0. The molecule has 0 aromatic rings. The molecule has 0 aromatic heterocycles. The van der Waals surface area contributed by atoms with Crippen LogP contribution in [0.25, 0.3) is 0 Å². The summed E-state index contributed by atoms with van der Waals surface area (Å²) < 4.78 is 20.2. The van der Waals surface area contributed by atoms with E-state index >= 15 is 0 Å². The van der Waals surface area contributed by atoms with Crippen molar-refractivity contribution in [3.63, 3.8) is 0 Å². The van der Waals surface area contributed by atoms with Crippen LogP contribution in [0.15, 0.2) is 0 Å². The van der Waals surface area contributed by atoms with Gasteiger partial charge in [-0.15, -0.1) is 0 Å². The molecule has 0 atom stereocenters. The van der Waals surface area contributed by atoms with Crippen molar-refractivity contribution in [2.75, 3.05) is 0 Å². The van der Waals surface area contributed by atoms with Crippen molar-refractivity contribution < 1.29 is 62.8 Å². The van der Waals surface area contributed by atoms with Crippen LogP contribution in [-0.4, -0.2) is 32.0 Å². The Hall–Kier alpha value is 2.05. The SMILES string of the molecule is CCC(CC)(CC)[O][AlH-]([O]C(CC)(CC)CC)[O]C(CC)(CC)CC.[K+]. The van der Waals surface area contributed by atoms with Gasteiger partial charge in [0, 0.05) is 16.8 Å². The largest absolute Gasteiger partial charge is 1.00 e. The summed E-state index contributed by atoms with van der Waals surface area (Å²) in [5.41, 5.74) is -0.287. The fourth-order valence-corrected chi connectivity index (χ4v) is 7.52. The van der Waals surface area contributed by atoms with Crippen LogP contribution in [0, 0.1) is 0 Å². The van der Waals surface area contributed by atoms with Gasteiger partial charge in [0.15, 0.2) is 0 Å². The Bertz CT molecular complexity index is 263. The molecule has 0 saturated heterocycles. The molecule has 152 valence electrons. The van der Waals surface area contributed by atoms with Crippen LogP contribution < -0.4 is 51.4 Å². The quantitative estimate of drug-likeness (QED) is 0.384. The van der Waals surface area contributed by atoms with E-state index in [0.29, 0.717) is 0 Å². The van der Waals surface area contributed by atoms with Gasteiger partial charge in [-0.2, -0.15) is 0 Å². The molecular weight excluding hydrogens is 366 g/mol. The summed E-state index contributed by atoms with van der Waals surface area (Å²) in [6.45, 7) is 20.0. The van der Waals surface area contributed by atoms with E-state index in [1.165, 1.54) is 0 Å². The van der Waals surface area contributed by atoms with Crippen LogP contribution in [0.4, 0.5) is 0 Å². The summed E-state index contributed by atoms with van der Waals surface area (Å²) >= 11 is -2.71. The molecule has 0 N–H and O–H groups in total. The van der Waals surface area contributed by atoms with Crippen LogP contribution in [0.5, 0.6) is 0 Å². The van der Waals surface area contributed by atoms with Crippen molar-refractivity contribution >= 4 is 15.1 Å².